The van der Waals surface area contributed by atoms with E-state index in [1.165, 1.54) is 0 Å². The van der Waals surface area contributed by atoms with E-state index in [0.29, 0.717) is 37.2 Å². The second-order valence-electron chi connectivity index (χ2n) is 6.88. The maximum atomic E-state index is 12.5. The molecule has 2 aliphatic heterocycles. The monoisotopic (exact) mass is 416 g/mol. The number of hydrogen-bond acceptors (Lipinski definition) is 5. The maximum Gasteiger partial charge on any atom is 0.249 e. The lowest BCUT2D eigenvalue weighted by Gasteiger charge is -2.33. The van der Waals surface area contributed by atoms with Gasteiger partial charge in [-0.15, -0.1) is 0 Å². The first-order chi connectivity index (χ1) is 14.1. The molecule has 1 aromatic carbocycles. The summed E-state index contributed by atoms with van der Waals surface area (Å²) in [6, 6.07) is 7.12. The summed E-state index contributed by atoms with van der Waals surface area (Å²) >= 11 is 6.03. The molecule has 2 aliphatic rings. The van der Waals surface area contributed by atoms with Crippen LogP contribution in [0, 0.1) is 11.5 Å². The van der Waals surface area contributed by atoms with Gasteiger partial charge in [0.05, 0.1) is 24.9 Å². The number of amides is 1. The van der Waals surface area contributed by atoms with Crippen molar-refractivity contribution in [3.8, 4) is 6.19 Å². The molecule has 0 saturated carbocycles. The minimum atomic E-state index is -0.256. The van der Waals surface area contributed by atoms with E-state index in [2.05, 4.69) is 17.2 Å². The second-order valence-corrected chi connectivity index (χ2v) is 7.32. The molecule has 1 atom stereocenters. The number of nitriles is 1. The van der Waals surface area contributed by atoms with Crippen molar-refractivity contribution in [2.24, 2.45) is 10.1 Å². The van der Waals surface area contributed by atoms with Crippen LogP contribution >= 0.6 is 11.6 Å². The number of carbonyl (C=O) groups excluding carboxylic acids is 1. The lowest BCUT2D eigenvalue weighted by atomic mass is 10.0. The van der Waals surface area contributed by atoms with Crippen molar-refractivity contribution in [1.82, 2.24) is 15.2 Å². The van der Waals surface area contributed by atoms with E-state index >= 15 is 0 Å². The third-order valence-corrected chi connectivity index (χ3v) is 5.12. The number of carbonyl (C=O) groups is 1. The molecule has 1 aromatic rings. The number of ether oxygens (including phenoxy) is 1. The topological polar surface area (TPSA) is 93.3 Å². The van der Waals surface area contributed by atoms with Crippen LogP contribution in [0.25, 0.3) is 0 Å². The third kappa shape index (κ3) is 5.25. The molecular formula is C20H25ClN6O2. The normalized spacial score (nSPS) is 19.9. The van der Waals surface area contributed by atoms with Crippen molar-refractivity contribution in [2.45, 2.75) is 32.2 Å². The molecule has 2 heterocycles. The number of nitrogens with zero attached hydrogens (tertiary/aromatic N) is 5. The molecule has 0 bridgehead atoms. The van der Waals surface area contributed by atoms with Crippen LogP contribution in [0.4, 0.5) is 0 Å². The molecule has 1 saturated heterocycles. The number of nitrogens with one attached hydrogen (secondary N) is 1. The number of unbranched alkanes of at least 4 members (excludes halogenated alkanes) is 2. The summed E-state index contributed by atoms with van der Waals surface area (Å²) in [6.07, 6.45) is 5.06. The zero-order valence-corrected chi connectivity index (χ0v) is 17.2. The Morgan fingerprint density at radius 1 is 1.41 bits per heavy atom. The number of rotatable bonds is 6. The Labute approximate surface area is 175 Å². The van der Waals surface area contributed by atoms with Crippen molar-refractivity contribution in [3.63, 3.8) is 0 Å². The Morgan fingerprint density at radius 3 is 2.90 bits per heavy atom. The van der Waals surface area contributed by atoms with Gasteiger partial charge >= 0.3 is 0 Å². The highest BCUT2D eigenvalue weighted by Crippen LogP contribution is 2.22. The summed E-state index contributed by atoms with van der Waals surface area (Å²) in [6.45, 7) is 4.22. The number of aliphatic imine (C=N–C) groups is 1. The molecule has 3 rings (SSSR count). The molecule has 1 amide bonds. The average molecular weight is 417 g/mol. The van der Waals surface area contributed by atoms with Gasteiger partial charge in [0.1, 0.15) is 6.61 Å². The highest BCUT2D eigenvalue weighted by Gasteiger charge is 2.37. The van der Waals surface area contributed by atoms with Crippen LogP contribution in [0.5, 0.6) is 0 Å². The number of benzene rings is 1. The molecule has 29 heavy (non-hydrogen) atoms. The van der Waals surface area contributed by atoms with Crippen molar-refractivity contribution in [1.29, 1.82) is 5.26 Å². The van der Waals surface area contributed by atoms with Crippen molar-refractivity contribution in [3.05, 3.63) is 34.9 Å². The average Bonchev–Trinajstić information content (AvgIpc) is 3.16. The zero-order chi connectivity index (χ0) is 20.6. The molecule has 0 aliphatic carbocycles. The first kappa shape index (κ1) is 21.1. The number of hydrogen-bond donors (Lipinski definition) is 1. The predicted octanol–water partition coefficient (Wildman–Crippen LogP) is 2.20. The largest absolute Gasteiger partial charge is 0.370 e. The Bertz CT molecular complexity index is 817. The lowest BCUT2D eigenvalue weighted by molar-refractivity contribution is -0.143. The first-order valence-corrected chi connectivity index (χ1v) is 10.2. The van der Waals surface area contributed by atoms with Crippen LogP contribution in [-0.2, 0) is 9.53 Å². The highest BCUT2D eigenvalue weighted by molar-refractivity contribution is 6.30. The summed E-state index contributed by atoms with van der Waals surface area (Å²) in [4.78, 5) is 18.8. The van der Waals surface area contributed by atoms with Crippen LogP contribution in [0.1, 0.15) is 31.7 Å². The van der Waals surface area contributed by atoms with E-state index < -0.39 is 0 Å². The fraction of sp³-hybridized carbons (Fsp3) is 0.500. The fourth-order valence-corrected chi connectivity index (χ4v) is 3.51. The SMILES string of the molecule is CCCCCN=C(NC#N)N1CC(N2CCOCC2=O)C(c2ccc(Cl)cc2)=N1. The molecule has 1 N–H and O–H groups in total. The summed E-state index contributed by atoms with van der Waals surface area (Å²) in [5, 5.41) is 18.8. The number of hydrazone groups is 1. The Kier molecular flexibility index (Phi) is 7.44. The molecule has 9 heteroatoms. The predicted molar refractivity (Wildman–Crippen MR) is 112 cm³/mol. The van der Waals surface area contributed by atoms with E-state index in [1.54, 1.807) is 22.0 Å². The molecule has 0 spiro atoms. The van der Waals surface area contributed by atoms with Crippen LogP contribution in [0.15, 0.2) is 34.4 Å². The molecule has 1 fully saturated rings. The zero-order valence-electron chi connectivity index (χ0n) is 16.5. The highest BCUT2D eigenvalue weighted by atomic mass is 35.5. The van der Waals surface area contributed by atoms with Gasteiger partial charge in [-0.1, -0.05) is 43.5 Å². The minimum absolute atomic E-state index is 0.0683. The Balaban J connectivity index is 1.89. The molecule has 0 radical (unpaired) electrons. The Morgan fingerprint density at radius 2 is 2.21 bits per heavy atom. The van der Waals surface area contributed by atoms with Crippen LogP contribution in [0.2, 0.25) is 5.02 Å². The van der Waals surface area contributed by atoms with Gasteiger partial charge in [0.25, 0.3) is 0 Å². The molecule has 154 valence electrons. The summed E-state index contributed by atoms with van der Waals surface area (Å²) < 4.78 is 5.28. The van der Waals surface area contributed by atoms with Gasteiger partial charge in [-0.3, -0.25) is 15.1 Å². The van der Waals surface area contributed by atoms with Crippen LogP contribution in [-0.4, -0.2) is 66.4 Å². The Hall–Kier alpha value is -2.63. The summed E-state index contributed by atoms with van der Waals surface area (Å²) in [7, 11) is 0. The van der Waals surface area contributed by atoms with Gasteiger partial charge in [-0.05, 0) is 18.6 Å². The molecule has 0 aromatic heterocycles. The van der Waals surface area contributed by atoms with Gasteiger partial charge in [-0.25, -0.2) is 5.01 Å². The van der Waals surface area contributed by atoms with Crippen LogP contribution in [0.3, 0.4) is 0 Å². The number of halogens is 1. The van der Waals surface area contributed by atoms with E-state index in [0.717, 1.165) is 30.5 Å². The van der Waals surface area contributed by atoms with E-state index in [1.807, 2.05) is 18.3 Å². The van der Waals surface area contributed by atoms with Gasteiger partial charge in [0, 0.05) is 23.7 Å². The summed E-state index contributed by atoms with van der Waals surface area (Å²) in [5.74, 6) is 0.331. The van der Waals surface area contributed by atoms with E-state index in [-0.39, 0.29) is 18.6 Å². The van der Waals surface area contributed by atoms with Crippen molar-refractivity contribution in [2.75, 3.05) is 32.8 Å². The van der Waals surface area contributed by atoms with E-state index in [9.17, 15) is 4.79 Å². The van der Waals surface area contributed by atoms with E-state index in [4.69, 9.17) is 26.7 Å². The second kappa shape index (κ2) is 10.2. The smallest absolute Gasteiger partial charge is 0.249 e. The van der Waals surface area contributed by atoms with Gasteiger partial charge < -0.3 is 9.64 Å². The minimum Gasteiger partial charge on any atom is -0.370 e. The van der Waals surface area contributed by atoms with Gasteiger partial charge in [-0.2, -0.15) is 10.4 Å². The maximum absolute atomic E-state index is 12.5. The summed E-state index contributed by atoms with van der Waals surface area (Å²) in [5.41, 5.74) is 1.63. The third-order valence-electron chi connectivity index (χ3n) is 4.86. The van der Waals surface area contributed by atoms with Gasteiger partial charge in [0.2, 0.25) is 11.9 Å². The number of guanidine groups is 1. The van der Waals surface area contributed by atoms with Crippen LogP contribution < -0.4 is 5.32 Å². The lowest BCUT2D eigenvalue weighted by Crippen LogP contribution is -2.52. The molecule has 8 nitrogen and oxygen atoms in total. The van der Waals surface area contributed by atoms with Gasteiger partial charge in [0.15, 0.2) is 6.19 Å². The quantitative estimate of drug-likeness (QED) is 0.252. The van der Waals surface area contributed by atoms with Crippen molar-refractivity contribution < 1.29 is 9.53 Å². The first-order valence-electron chi connectivity index (χ1n) is 9.82. The van der Waals surface area contributed by atoms with Crippen molar-refractivity contribution >= 4 is 29.2 Å². The molecular weight excluding hydrogens is 392 g/mol. The standard InChI is InChI=1S/C20H25ClN6O2/c1-2-3-4-9-23-20(24-14-22)27-12-17(26-10-11-29-13-18(26)28)19(25-27)15-5-7-16(21)8-6-15/h5-8,17H,2-4,9-13H2,1H3,(H,23,24). The number of morpholine rings is 1. The fourth-order valence-electron chi connectivity index (χ4n) is 3.38. The molecule has 1 unspecified atom stereocenters.